The lowest BCUT2D eigenvalue weighted by Crippen LogP contribution is -2.13. The van der Waals surface area contributed by atoms with Gasteiger partial charge < -0.3 is 5.32 Å². The number of amides is 1. The molecule has 0 heterocycles. The summed E-state index contributed by atoms with van der Waals surface area (Å²) in [6.45, 7) is 0. The van der Waals surface area contributed by atoms with Crippen LogP contribution >= 0.6 is 12.6 Å². The van der Waals surface area contributed by atoms with E-state index in [1.54, 1.807) is 36.4 Å². The zero-order valence-corrected chi connectivity index (χ0v) is 9.75. The summed E-state index contributed by atoms with van der Waals surface area (Å²) in [6, 6.07) is 12.9. The Bertz CT molecular complexity index is 557. The van der Waals surface area contributed by atoms with Crippen LogP contribution < -0.4 is 5.32 Å². The zero-order chi connectivity index (χ0) is 12.3. The van der Waals surface area contributed by atoms with Crippen molar-refractivity contribution in [3.8, 4) is 0 Å². The molecule has 0 aromatic heterocycles. The third kappa shape index (κ3) is 2.65. The minimum Gasteiger partial charge on any atom is -0.319 e. The number of benzene rings is 2. The number of hydrogen-bond acceptors (Lipinski definition) is 2. The number of carbonyl (C=O) groups is 1. The zero-order valence-electron chi connectivity index (χ0n) is 8.85. The van der Waals surface area contributed by atoms with Crippen LogP contribution in [0.15, 0.2) is 53.4 Å². The summed E-state index contributed by atoms with van der Waals surface area (Å²) in [5.41, 5.74) is 0.577. The van der Waals surface area contributed by atoms with Crippen molar-refractivity contribution in [2.24, 2.45) is 0 Å². The molecule has 2 aromatic carbocycles. The van der Waals surface area contributed by atoms with E-state index in [4.69, 9.17) is 0 Å². The molecule has 0 atom stereocenters. The Morgan fingerprint density at radius 2 is 1.71 bits per heavy atom. The highest BCUT2D eigenvalue weighted by Gasteiger charge is 2.10. The molecule has 0 aliphatic rings. The number of anilines is 1. The Labute approximate surface area is 104 Å². The Kier molecular flexibility index (Phi) is 3.44. The maximum atomic E-state index is 13.3. The number of hydrogen-bond donors (Lipinski definition) is 2. The fourth-order valence-electron chi connectivity index (χ4n) is 1.42. The number of nitrogens with one attached hydrogen (secondary N) is 1. The van der Waals surface area contributed by atoms with Gasteiger partial charge in [-0.2, -0.15) is 0 Å². The van der Waals surface area contributed by atoms with Gasteiger partial charge in [0.1, 0.15) is 5.82 Å². The summed E-state index contributed by atoms with van der Waals surface area (Å²) in [7, 11) is 0. The number of thiol groups is 1. The number of para-hydroxylation sites is 1. The molecule has 2 nitrogen and oxygen atoms in total. The monoisotopic (exact) mass is 247 g/mol. The van der Waals surface area contributed by atoms with Crippen molar-refractivity contribution in [3.05, 3.63) is 59.9 Å². The van der Waals surface area contributed by atoms with Crippen molar-refractivity contribution in [1.82, 2.24) is 0 Å². The molecule has 0 spiro atoms. The minimum atomic E-state index is -0.461. The summed E-state index contributed by atoms with van der Waals surface area (Å²) in [5, 5.41) is 2.50. The molecule has 1 amide bonds. The smallest absolute Gasteiger partial charge is 0.256 e. The van der Waals surface area contributed by atoms with Crippen LogP contribution in [0, 0.1) is 5.82 Å². The van der Waals surface area contributed by atoms with Crippen molar-refractivity contribution < 1.29 is 9.18 Å². The quantitative estimate of drug-likeness (QED) is 0.783. The van der Waals surface area contributed by atoms with Crippen LogP contribution in [0.5, 0.6) is 0 Å². The second kappa shape index (κ2) is 5.01. The fourth-order valence-corrected chi connectivity index (χ4v) is 1.68. The molecule has 86 valence electrons. The molecule has 2 rings (SSSR count). The van der Waals surface area contributed by atoms with Gasteiger partial charge in [-0.1, -0.05) is 24.3 Å². The van der Waals surface area contributed by atoms with E-state index in [0.29, 0.717) is 10.5 Å². The van der Waals surface area contributed by atoms with Crippen LogP contribution in [0.25, 0.3) is 0 Å². The van der Waals surface area contributed by atoms with Crippen molar-refractivity contribution in [2.45, 2.75) is 4.90 Å². The molecular weight excluding hydrogens is 237 g/mol. The lowest BCUT2D eigenvalue weighted by molar-refractivity contribution is 0.102. The molecule has 0 unspecified atom stereocenters. The average molecular weight is 247 g/mol. The first-order chi connectivity index (χ1) is 8.18. The Hall–Kier alpha value is -1.81. The standard InChI is InChI=1S/C13H10FNOS/c14-10-6-2-3-7-11(10)15-13(16)9-5-1-4-8-12(9)17/h1-8,17H,(H,15,16). The third-order valence-electron chi connectivity index (χ3n) is 2.27. The molecule has 0 radical (unpaired) electrons. The Morgan fingerprint density at radius 1 is 1.06 bits per heavy atom. The van der Waals surface area contributed by atoms with Gasteiger partial charge >= 0.3 is 0 Å². The highest BCUT2D eigenvalue weighted by Crippen LogP contribution is 2.17. The molecule has 0 fully saturated rings. The highest BCUT2D eigenvalue weighted by molar-refractivity contribution is 7.80. The van der Waals surface area contributed by atoms with Gasteiger partial charge in [-0.3, -0.25) is 4.79 Å². The van der Waals surface area contributed by atoms with Crippen LogP contribution in [-0.4, -0.2) is 5.91 Å². The fraction of sp³-hybridized carbons (Fsp3) is 0. The second-order valence-electron chi connectivity index (χ2n) is 3.45. The number of halogens is 1. The van der Waals surface area contributed by atoms with Crippen molar-refractivity contribution >= 4 is 24.2 Å². The van der Waals surface area contributed by atoms with E-state index < -0.39 is 5.82 Å². The third-order valence-corrected chi connectivity index (χ3v) is 2.66. The first kappa shape index (κ1) is 11.7. The van der Waals surface area contributed by atoms with Crippen LogP contribution in [0.1, 0.15) is 10.4 Å². The summed E-state index contributed by atoms with van der Waals surface area (Å²) in [4.78, 5) is 12.4. The number of rotatable bonds is 2. The number of carbonyl (C=O) groups excluding carboxylic acids is 1. The maximum absolute atomic E-state index is 13.3. The molecule has 0 saturated carbocycles. The lowest BCUT2D eigenvalue weighted by atomic mass is 10.2. The Morgan fingerprint density at radius 3 is 2.41 bits per heavy atom. The first-order valence-corrected chi connectivity index (χ1v) is 5.47. The predicted octanol–water partition coefficient (Wildman–Crippen LogP) is 3.37. The Balaban J connectivity index is 2.24. The molecule has 0 aliphatic heterocycles. The van der Waals surface area contributed by atoms with Crippen LogP contribution in [-0.2, 0) is 0 Å². The van der Waals surface area contributed by atoms with Gasteiger partial charge in [0, 0.05) is 4.90 Å². The van der Waals surface area contributed by atoms with Crippen LogP contribution in [0.3, 0.4) is 0 Å². The van der Waals surface area contributed by atoms with Gasteiger partial charge in [-0.25, -0.2) is 4.39 Å². The predicted molar refractivity (Wildman–Crippen MR) is 68.0 cm³/mol. The van der Waals surface area contributed by atoms with Crippen molar-refractivity contribution in [1.29, 1.82) is 0 Å². The van der Waals surface area contributed by atoms with E-state index in [1.807, 2.05) is 0 Å². The molecular formula is C13H10FNOS. The van der Waals surface area contributed by atoms with Gasteiger partial charge in [0.25, 0.3) is 5.91 Å². The minimum absolute atomic E-state index is 0.161. The van der Waals surface area contributed by atoms with E-state index in [2.05, 4.69) is 17.9 Å². The van der Waals surface area contributed by atoms with Gasteiger partial charge in [0.05, 0.1) is 11.3 Å². The summed E-state index contributed by atoms with van der Waals surface area (Å²) in [6.07, 6.45) is 0. The van der Waals surface area contributed by atoms with Gasteiger partial charge in [-0.05, 0) is 24.3 Å². The van der Waals surface area contributed by atoms with Crippen LogP contribution in [0.4, 0.5) is 10.1 Å². The summed E-state index contributed by atoms with van der Waals surface area (Å²) >= 11 is 4.17. The molecule has 0 saturated heterocycles. The van der Waals surface area contributed by atoms with Crippen LogP contribution in [0.2, 0.25) is 0 Å². The van der Waals surface area contributed by atoms with E-state index in [-0.39, 0.29) is 11.6 Å². The molecule has 1 N–H and O–H groups in total. The van der Waals surface area contributed by atoms with E-state index in [9.17, 15) is 9.18 Å². The summed E-state index contributed by atoms with van der Waals surface area (Å²) in [5.74, 6) is -0.835. The molecule has 0 aliphatic carbocycles. The first-order valence-electron chi connectivity index (χ1n) is 5.02. The molecule has 0 bridgehead atoms. The van der Waals surface area contributed by atoms with E-state index in [1.165, 1.54) is 12.1 Å². The largest absolute Gasteiger partial charge is 0.319 e. The maximum Gasteiger partial charge on any atom is 0.256 e. The van der Waals surface area contributed by atoms with Gasteiger partial charge in [0.2, 0.25) is 0 Å². The van der Waals surface area contributed by atoms with Gasteiger partial charge in [0.15, 0.2) is 0 Å². The SMILES string of the molecule is O=C(Nc1ccccc1F)c1ccccc1S. The van der Waals surface area contributed by atoms with Crippen molar-refractivity contribution in [3.63, 3.8) is 0 Å². The van der Waals surface area contributed by atoms with Crippen molar-refractivity contribution in [2.75, 3.05) is 5.32 Å². The molecule has 17 heavy (non-hydrogen) atoms. The topological polar surface area (TPSA) is 29.1 Å². The normalized spacial score (nSPS) is 10.0. The van der Waals surface area contributed by atoms with E-state index >= 15 is 0 Å². The molecule has 4 heteroatoms. The lowest BCUT2D eigenvalue weighted by Gasteiger charge is -2.07. The summed E-state index contributed by atoms with van der Waals surface area (Å²) < 4.78 is 13.3. The second-order valence-corrected chi connectivity index (χ2v) is 3.93. The average Bonchev–Trinajstić information content (AvgIpc) is 2.32. The highest BCUT2D eigenvalue weighted by atomic mass is 32.1. The van der Waals surface area contributed by atoms with E-state index in [0.717, 1.165) is 0 Å². The van der Waals surface area contributed by atoms with Gasteiger partial charge in [-0.15, -0.1) is 12.6 Å². The molecule has 2 aromatic rings.